The van der Waals surface area contributed by atoms with Crippen LogP contribution in [0.25, 0.3) is 12.2 Å². The zero-order valence-electron chi connectivity index (χ0n) is 15.2. The largest absolute Gasteiger partial charge is 0.507 e. The van der Waals surface area contributed by atoms with Gasteiger partial charge in [-0.15, -0.1) is 0 Å². The highest BCUT2D eigenvalue weighted by Gasteiger charge is 2.14. The van der Waals surface area contributed by atoms with Gasteiger partial charge in [0.05, 0.1) is 4.92 Å². The van der Waals surface area contributed by atoms with Gasteiger partial charge in [-0.05, 0) is 73.0 Å². The second kappa shape index (κ2) is 7.79. The number of phenols is 1. The molecular formula is C21H17NO6. The summed E-state index contributed by atoms with van der Waals surface area (Å²) >= 11 is 0. The summed E-state index contributed by atoms with van der Waals surface area (Å²) in [5, 5.41) is 20.5. The fourth-order valence-electron chi connectivity index (χ4n) is 2.61. The normalized spacial score (nSPS) is 10.9. The summed E-state index contributed by atoms with van der Waals surface area (Å²) in [5.41, 5.74) is 2.34. The molecule has 1 heterocycles. The highest BCUT2D eigenvalue weighted by atomic mass is 16.6. The molecule has 0 bridgehead atoms. The number of hydrogen-bond acceptors (Lipinski definition) is 6. The number of carbonyl (C=O) groups is 1. The molecular weight excluding hydrogens is 362 g/mol. The number of hydrogen-bond donors (Lipinski definition) is 1. The van der Waals surface area contributed by atoms with Crippen LogP contribution in [0.15, 0.2) is 52.9 Å². The van der Waals surface area contributed by atoms with Crippen molar-refractivity contribution in [2.75, 3.05) is 0 Å². The van der Waals surface area contributed by atoms with Crippen LogP contribution < -0.4 is 4.74 Å². The van der Waals surface area contributed by atoms with E-state index in [1.165, 1.54) is 30.3 Å². The predicted octanol–water partition coefficient (Wildman–Crippen LogP) is 4.90. The molecule has 0 spiro atoms. The number of aromatic hydroxyl groups is 1. The zero-order valence-corrected chi connectivity index (χ0v) is 15.2. The summed E-state index contributed by atoms with van der Waals surface area (Å²) in [6.07, 6.45) is 3.51. The van der Waals surface area contributed by atoms with Crippen LogP contribution in [0.2, 0.25) is 0 Å². The maximum absolute atomic E-state index is 12.1. The van der Waals surface area contributed by atoms with Gasteiger partial charge in [0.2, 0.25) is 5.76 Å². The number of non-ortho nitro benzene ring substituents is 1. The van der Waals surface area contributed by atoms with E-state index >= 15 is 0 Å². The van der Waals surface area contributed by atoms with Crippen molar-refractivity contribution in [3.63, 3.8) is 0 Å². The van der Waals surface area contributed by atoms with E-state index in [1.807, 2.05) is 32.1 Å². The van der Waals surface area contributed by atoms with Crippen molar-refractivity contribution in [2.24, 2.45) is 0 Å². The first-order valence-electron chi connectivity index (χ1n) is 8.38. The minimum absolute atomic E-state index is 0.0103. The number of ether oxygens (including phenoxy) is 1. The quantitative estimate of drug-likeness (QED) is 0.293. The van der Waals surface area contributed by atoms with Gasteiger partial charge in [0.1, 0.15) is 17.3 Å². The lowest BCUT2D eigenvalue weighted by Crippen LogP contribution is -2.07. The number of benzene rings is 2. The van der Waals surface area contributed by atoms with Gasteiger partial charge >= 0.3 is 5.97 Å². The first-order valence-corrected chi connectivity index (χ1v) is 8.38. The summed E-state index contributed by atoms with van der Waals surface area (Å²) < 4.78 is 10.6. The molecule has 2 aromatic carbocycles. The van der Waals surface area contributed by atoms with Gasteiger partial charge in [-0.1, -0.05) is 6.08 Å². The Morgan fingerprint density at radius 2 is 1.71 bits per heavy atom. The number of nitro groups is 1. The van der Waals surface area contributed by atoms with Crippen LogP contribution in [0.3, 0.4) is 0 Å². The number of nitro benzene ring substituents is 1. The average Bonchev–Trinajstić information content (AvgIpc) is 3.14. The summed E-state index contributed by atoms with van der Waals surface area (Å²) in [7, 11) is 0. The lowest BCUT2D eigenvalue weighted by atomic mass is 10.1. The fourth-order valence-corrected chi connectivity index (χ4v) is 2.61. The molecule has 7 heteroatoms. The fraction of sp³-hybridized carbons (Fsp3) is 0.0952. The second-order valence-corrected chi connectivity index (χ2v) is 6.18. The molecule has 28 heavy (non-hydrogen) atoms. The SMILES string of the molecule is Cc1cc(C=Cc2ccc(C(=O)Oc3ccc([N+](=O)[O-])cc3)o2)cc(C)c1O. The molecule has 0 radical (unpaired) electrons. The average molecular weight is 379 g/mol. The molecule has 1 aromatic heterocycles. The molecule has 0 aliphatic rings. The Morgan fingerprint density at radius 3 is 2.32 bits per heavy atom. The van der Waals surface area contributed by atoms with Crippen LogP contribution in [0.1, 0.15) is 33.0 Å². The van der Waals surface area contributed by atoms with Crippen molar-refractivity contribution >= 4 is 23.8 Å². The van der Waals surface area contributed by atoms with Crippen LogP contribution in [-0.2, 0) is 0 Å². The van der Waals surface area contributed by atoms with Crippen molar-refractivity contribution in [1.82, 2.24) is 0 Å². The number of rotatable bonds is 5. The van der Waals surface area contributed by atoms with E-state index in [-0.39, 0.29) is 22.9 Å². The van der Waals surface area contributed by atoms with E-state index in [0.29, 0.717) is 5.76 Å². The van der Waals surface area contributed by atoms with E-state index < -0.39 is 10.9 Å². The maximum atomic E-state index is 12.1. The van der Waals surface area contributed by atoms with Crippen molar-refractivity contribution in [1.29, 1.82) is 0 Å². The highest BCUT2D eigenvalue weighted by Crippen LogP contribution is 2.24. The van der Waals surface area contributed by atoms with Crippen molar-refractivity contribution in [3.8, 4) is 11.5 Å². The molecule has 0 fully saturated rings. The zero-order chi connectivity index (χ0) is 20.3. The molecule has 3 aromatic rings. The van der Waals surface area contributed by atoms with Crippen LogP contribution in [-0.4, -0.2) is 16.0 Å². The number of nitrogens with zero attached hydrogens (tertiary/aromatic N) is 1. The number of esters is 1. The summed E-state index contributed by atoms with van der Waals surface area (Å²) in [4.78, 5) is 22.3. The van der Waals surface area contributed by atoms with Crippen molar-refractivity contribution in [3.05, 3.63) is 86.9 Å². The van der Waals surface area contributed by atoms with Crippen LogP contribution in [0.5, 0.6) is 11.5 Å². The standard InChI is InChI=1S/C21H17NO6/c1-13-11-15(12-14(2)20(13)23)3-6-17-9-10-19(27-17)21(24)28-18-7-4-16(5-8-18)22(25)26/h3-12,23H,1-2H3. The molecule has 0 saturated carbocycles. The minimum atomic E-state index is -0.704. The maximum Gasteiger partial charge on any atom is 0.379 e. The van der Waals surface area contributed by atoms with Gasteiger partial charge in [-0.2, -0.15) is 0 Å². The monoisotopic (exact) mass is 379 g/mol. The third-order valence-electron chi connectivity index (χ3n) is 4.04. The Morgan fingerprint density at radius 1 is 1.07 bits per heavy atom. The van der Waals surface area contributed by atoms with E-state index in [0.717, 1.165) is 16.7 Å². The van der Waals surface area contributed by atoms with Gasteiger partial charge in [0, 0.05) is 12.1 Å². The third kappa shape index (κ3) is 4.27. The molecule has 0 amide bonds. The van der Waals surface area contributed by atoms with Gasteiger partial charge in [0.15, 0.2) is 0 Å². The van der Waals surface area contributed by atoms with Crippen molar-refractivity contribution in [2.45, 2.75) is 13.8 Å². The Hall–Kier alpha value is -3.87. The smallest absolute Gasteiger partial charge is 0.379 e. The van der Waals surface area contributed by atoms with Gasteiger partial charge in [-0.3, -0.25) is 10.1 Å². The first kappa shape index (κ1) is 18.9. The van der Waals surface area contributed by atoms with Crippen LogP contribution in [0, 0.1) is 24.0 Å². The first-order chi connectivity index (χ1) is 13.3. The molecule has 0 saturated heterocycles. The molecule has 0 unspecified atom stereocenters. The summed E-state index contributed by atoms with van der Waals surface area (Å²) in [6, 6.07) is 12.0. The summed E-state index contributed by atoms with van der Waals surface area (Å²) in [5.74, 6) is 0.213. The Labute approximate surface area is 160 Å². The van der Waals surface area contributed by atoms with E-state index in [2.05, 4.69) is 0 Å². The topological polar surface area (TPSA) is 103 Å². The molecule has 0 atom stereocenters. The number of furan rings is 1. The van der Waals surface area contributed by atoms with Crippen LogP contribution in [0.4, 0.5) is 5.69 Å². The van der Waals surface area contributed by atoms with E-state index in [4.69, 9.17) is 9.15 Å². The Kier molecular flexibility index (Phi) is 5.26. The number of aryl methyl sites for hydroxylation is 2. The van der Waals surface area contributed by atoms with E-state index in [9.17, 15) is 20.0 Å². The lowest BCUT2D eigenvalue weighted by molar-refractivity contribution is -0.384. The third-order valence-corrected chi connectivity index (χ3v) is 4.04. The van der Waals surface area contributed by atoms with Gasteiger partial charge < -0.3 is 14.3 Å². The molecule has 7 nitrogen and oxygen atoms in total. The van der Waals surface area contributed by atoms with Crippen molar-refractivity contribution < 1.29 is 24.0 Å². The predicted molar refractivity (Wildman–Crippen MR) is 103 cm³/mol. The summed E-state index contributed by atoms with van der Waals surface area (Å²) in [6.45, 7) is 3.64. The Balaban J connectivity index is 1.69. The molecule has 142 valence electrons. The molecule has 1 N–H and O–H groups in total. The van der Waals surface area contributed by atoms with Gasteiger partial charge in [0.25, 0.3) is 5.69 Å². The molecule has 0 aliphatic heterocycles. The minimum Gasteiger partial charge on any atom is -0.507 e. The highest BCUT2D eigenvalue weighted by molar-refractivity contribution is 5.88. The Bertz CT molecular complexity index is 1040. The molecule has 3 rings (SSSR count). The van der Waals surface area contributed by atoms with Crippen LogP contribution >= 0.6 is 0 Å². The lowest BCUT2D eigenvalue weighted by Gasteiger charge is -2.04. The van der Waals surface area contributed by atoms with E-state index in [1.54, 1.807) is 12.1 Å². The number of phenolic OH excluding ortho intramolecular Hbond substituents is 1. The second-order valence-electron chi connectivity index (χ2n) is 6.18. The number of carbonyl (C=O) groups excluding carboxylic acids is 1. The van der Waals surface area contributed by atoms with Gasteiger partial charge in [-0.25, -0.2) is 4.79 Å². The molecule has 0 aliphatic carbocycles.